The van der Waals surface area contributed by atoms with Gasteiger partial charge in [-0.2, -0.15) is 0 Å². The van der Waals surface area contributed by atoms with Crippen molar-refractivity contribution >= 4 is 46.5 Å². The summed E-state index contributed by atoms with van der Waals surface area (Å²) in [6, 6.07) is 16.4. The highest BCUT2D eigenvalue weighted by Crippen LogP contribution is 2.60. The lowest BCUT2D eigenvalue weighted by Gasteiger charge is -2.60. The summed E-state index contributed by atoms with van der Waals surface area (Å²) >= 11 is 1.59. The number of hydrogen-bond acceptors (Lipinski definition) is 15. The second kappa shape index (κ2) is 19.6. The van der Waals surface area contributed by atoms with Crippen LogP contribution < -0.4 is 26.2 Å². The number of nitrogens with two attached hydrogens (primary N) is 1. The fourth-order valence-corrected chi connectivity index (χ4v) is 13.7. The Labute approximate surface area is 431 Å². The number of phenolic OH excluding ortho intramolecular Hbond substituents is 1. The number of aryl methyl sites for hydroxylation is 1. The number of benzene rings is 2. The zero-order valence-electron chi connectivity index (χ0n) is 42.3. The monoisotopic (exact) mass is 1010 g/mol. The zero-order chi connectivity index (χ0) is 50.8. The van der Waals surface area contributed by atoms with Crippen molar-refractivity contribution in [1.82, 2.24) is 45.6 Å². The van der Waals surface area contributed by atoms with Gasteiger partial charge >= 0.3 is 0 Å². The maximum Gasteiger partial charge on any atom is 0.246 e. The molecular formula is C55H68N12O5S. The Morgan fingerprint density at radius 3 is 2.23 bits per heavy atom. The topological polar surface area (TPSA) is 219 Å². The number of anilines is 3. The van der Waals surface area contributed by atoms with Gasteiger partial charge in [0.2, 0.25) is 23.7 Å². The molecule has 2 saturated carbocycles. The molecule has 0 radical (unpaired) electrons. The minimum atomic E-state index is -0.841. The van der Waals surface area contributed by atoms with E-state index in [1.165, 1.54) is 10.5 Å². The van der Waals surface area contributed by atoms with Gasteiger partial charge in [0.15, 0.2) is 5.82 Å². The number of β-amino-alcohol motifs (C(OH)–C–C–N with tert-alkyl or cyclic N) is 1. The molecule has 3 amide bonds. The Morgan fingerprint density at radius 2 is 1.58 bits per heavy atom. The number of carbonyl (C=O) groups excluding carboxylic acids is 3. The number of piperidine rings is 1. The molecule has 384 valence electrons. The van der Waals surface area contributed by atoms with Crippen molar-refractivity contribution in [2.24, 2.45) is 16.7 Å². The van der Waals surface area contributed by atoms with Gasteiger partial charge in [-0.25, -0.2) is 15.0 Å². The second-order valence-electron chi connectivity index (χ2n) is 22.9. The number of aromatic nitrogens is 5. The average molecular weight is 1010 g/mol. The van der Waals surface area contributed by atoms with Gasteiger partial charge in [0.1, 0.15) is 17.8 Å². The van der Waals surface area contributed by atoms with Crippen LogP contribution in [0.25, 0.3) is 21.7 Å². The van der Waals surface area contributed by atoms with E-state index in [2.05, 4.69) is 40.5 Å². The number of aliphatic hydroxyl groups is 1. The number of rotatable bonds is 12. The van der Waals surface area contributed by atoms with Crippen molar-refractivity contribution in [3.63, 3.8) is 0 Å². The van der Waals surface area contributed by atoms with Gasteiger partial charge < -0.3 is 46.2 Å². The third kappa shape index (κ3) is 9.73. The molecular weight excluding hydrogens is 941 g/mol. The number of piperazine rings is 1. The molecule has 11 rings (SSSR count). The zero-order valence-corrected chi connectivity index (χ0v) is 43.1. The first kappa shape index (κ1) is 49.0. The van der Waals surface area contributed by atoms with Gasteiger partial charge in [-0.05, 0) is 123 Å². The minimum absolute atomic E-state index is 0.0438. The Balaban J connectivity index is 0.631. The number of phenols is 1. The molecule has 1 spiro atoms. The van der Waals surface area contributed by atoms with Gasteiger partial charge in [0.05, 0.1) is 33.6 Å². The van der Waals surface area contributed by atoms with E-state index in [0.717, 1.165) is 111 Å². The van der Waals surface area contributed by atoms with Crippen LogP contribution >= 0.6 is 11.3 Å². The van der Waals surface area contributed by atoms with Crippen LogP contribution in [-0.2, 0) is 20.9 Å². The molecule has 3 aromatic heterocycles. The second-order valence-corrected chi connectivity index (χ2v) is 23.7. The summed E-state index contributed by atoms with van der Waals surface area (Å²) in [7, 11) is 0. The highest BCUT2D eigenvalue weighted by molar-refractivity contribution is 7.13. The first-order chi connectivity index (χ1) is 35.1. The van der Waals surface area contributed by atoms with E-state index in [-0.39, 0.29) is 59.9 Å². The summed E-state index contributed by atoms with van der Waals surface area (Å²) in [6.07, 6.45) is 11.5. The lowest BCUT2D eigenvalue weighted by molar-refractivity contribution is -0.150. The van der Waals surface area contributed by atoms with Crippen molar-refractivity contribution in [2.45, 2.75) is 134 Å². The first-order valence-electron chi connectivity index (χ1n) is 26.2. The number of fused-ring (bicyclic) bond motifs is 2. The van der Waals surface area contributed by atoms with Crippen LogP contribution in [0.15, 0.2) is 72.5 Å². The largest absolute Gasteiger partial charge is 0.507 e. The summed E-state index contributed by atoms with van der Waals surface area (Å²) in [6.45, 7) is 11.7. The van der Waals surface area contributed by atoms with Crippen LogP contribution in [0.1, 0.15) is 101 Å². The molecule has 6 N–H and O–H groups in total. The Bertz CT molecular complexity index is 2820. The number of amides is 3. The molecule has 5 aromatic rings. The molecule has 6 fully saturated rings. The summed E-state index contributed by atoms with van der Waals surface area (Å²) in [4.78, 5) is 66.0. The van der Waals surface area contributed by atoms with E-state index < -0.39 is 23.6 Å². The molecule has 2 unspecified atom stereocenters. The summed E-state index contributed by atoms with van der Waals surface area (Å²) in [5.74, 6) is 0.840. The quantitative estimate of drug-likeness (QED) is 0.0961. The van der Waals surface area contributed by atoms with Crippen LogP contribution in [0.2, 0.25) is 0 Å². The number of aliphatic hydroxyl groups excluding tert-OH is 1. The summed E-state index contributed by atoms with van der Waals surface area (Å²) < 4.78 is 0. The number of hydrogen-bond donors (Lipinski definition) is 5. The van der Waals surface area contributed by atoms with Crippen LogP contribution in [0.4, 0.5) is 17.5 Å². The van der Waals surface area contributed by atoms with Crippen molar-refractivity contribution in [1.29, 1.82) is 0 Å². The van der Waals surface area contributed by atoms with E-state index in [4.69, 9.17) is 15.7 Å². The van der Waals surface area contributed by atoms with E-state index >= 15 is 0 Å². The van der Waals surface area contributed by atoms with Crippen molar-refractivity contribution < 1.29 is 24.6 Å². The van der Waals surface area contributed by atoms with Gasteiger partial charge in [-0.15, -0.1) is 21.5 Å². The molecule has 17 nitrogen and oxygen atoms in total. The molecule has 7 heterocycles. The number of nitrogens with one attached hydrogen (secondary N) is 2. The SMILES string of the molecule is Cc1ncsc1-c1ccc(CNC(=O)[C@@H]2C[C@H](O)CN2C(=O)[C@@H](NC(=O)C2CC3(C2)CC(N2CCC(c4cnc(N5C6CCC5CN(c5cc(-c7ccccc7O)nnc5N)C6)nc4)CC2)C3)C(C)(C)C)cc1. The summed E-state index contributed by atoms with van der Waals surface area (Å²) in [5, 5.41) is 35.8. The number of likely N-dealkylation sites (tertiary alicyclic amines) is 2. The van der Waals surface area contributed by atoms with Crippen molar-refractivity contribution in [2.75, 3.05) is 48.3 Å². The third-order valence-corrected chi connectivity index (χ3v) is 17.9. The molecule has 18 heteroatoms. The average Bonchev–Trinajstić information content (AvgIpc) is 4.05. The van der Waals surface area contributed by atoms with Gasteiger partial charge in [-0.1, -0.05) is 57.2 Å². The van der Waals surface area contributed by atoms with Crippen molar-refractivity contribution in [3.8, 4) is 27.4 Å². The highest BCUT2D eigenvalue weighted by atomic mass is 32.1. The number of nitrogens with zero attached hydrogens (tertiary/aromatic N) is 9. The summed E-state index contributed by atoms with van der Waals surface area (Å²) in [5.41, 5.74) is 14.0. The van der Waals surface area contributed by atoms with Crippen LogP contribution in [-0.4, -0.2) is 132 Å². The number of carbonyl (C=O) groups is 3. The Hall–Kier alpha value is -6.24. The predicted molar refractivity (Wildman–Crippen MR) is 280 cm³/mol. The lowest BCUT2D eigenvalue weighted by atomic mass is 9.49. The van der Waals surface area contributed by atoms with Gasteiger partial charge in [0, 0.05) is 74.6 Å². The normalized spacial score (nSPS) is 26.6. The molecule has 73 heavy (non-hydrogen) atoms. The number of thiazole rings is 1. The first-order valence-corrected chi connectivity index (χ1v) is 27.0. The smallest absolute Gasteiger partial charge is 0.246 e. The van der Waals surface area contributed by atoms with E-state index in [0.29, 0.717) is 35.6 Å². The van der Waals surface area contributed by atoms with Crippen LogP contribution in [0, 0.1) is 23.7 Å². The van der Waals surface area contributed by atoms with Crippen molar-refractivity contribution in [3.05, 3.63) is 89.3 Å². The molecule has 2 aliphatic carbocycles. The fraction of sp³-hybridized carbons (Fsp3) is 0.527. The maximum atomic E-state index is 14.3. The minimum Gasteiger partial charge on any atom is -0.507 e. The fourth-order valence-electron chi connectivity index (χ4n) is 12.9. The van der Waals surface area contributed by atoms with Crippen LogP contribution in [0.3, 0.4) is 0 Å². The molecule has 5 atom stereocenters. The maximum absolute atomic E-state index is 14.3. The lowest BCUT2D eigenvalue weighted by Crippen LogP contribution is -2.62. The van der Waals surface area contributed by atoms with E-state index in [9.17, 15) is 24.6 Å². The number of para-hydroxylation sites is 1. The van der Waals surface area contributed by atoms with Gasteiger partial charge in [0.25, 0.3) is 0 Å². The standard InChI is InChI=1S/C55H68N12O5S/c1-32-47(73-31-60-32)35-11-9-33(10-12-35)25-57-51(71)45-19-41(68)30-66(45)52(72)48(54(2,3)4)61-50(70)36-21-55(22-36)23-40(24-55)64-17-15-34(16-18-64)37-26-58-53(59-27-37)67-38-13-14-39(67)29-65(28-38)44-20-43(62-63-49(44)56)42-7-5-6-8-46(42)69/h5-12,20,26-27,31,34,36,38-41,45,48,68-69H,13-19,21-25,28-30H2,1-4H3,(H2,56,63)(H,57,71)(H,61,70)/t36?,38?,39?,40?,41-,45-,48+,55?/m0/s1. The molecule has 2 bridgehead atoms. The molecule has 2 aromatic carbocycles. The van der Waals surface area contributed by atoms with Gasteiger partial charge in [-0.3, -0.25) is 14.4 Å². The molecule has 4 saturated heterocycles. The number of aromatic hydroxyl groups is 1. The van der Waals surface area contributed by atoms with Crippen LogP contribution in [0.5, 0.6) is 5.75 Å². The molecule has 6 aliphatic rings. The molecule has 4 aliphatic heterocycles. The third-order valence-electron chi connectivity index (χ3n) is 17.0. The Kier molecular flexibility index (Phi) is 13.1. The Morgan fingerprint density at radius 1 is 0.877 bits per heavy atom. The highest BCUT2D eigenvalue weighted by Gasteiger charge is 2.57. The predicted octanol–water partition coefficient (Wildman–Crippen LogP) is 6.06. The number of nitrogen functional groups attached to an aromatic ring is 1. The van der Waals surface area contributed by atoms with E-state index in [1.54, 1.807) is 23.5 Å². The van der Waals surface area contributed by atoms with E-state index in [1.807, 2.05) is 88.1 Å².